The molecule has 1 aliphatic rings. The summed E-state index contributed by atoms with van der Waals surface area (Å²) < 4.78 is 60.0. The van der Waals surface area contributed by atoms with Crippen LogP contribution in [-0.4, -0.2) is 55.3 Å². The molecule has 2 N–H and O–H groups in total. The van der Waals surface area contributed by atoms with Gasteiger partial charge in [-0.15, -0.1) is 0 Å². The molecule has 1 aliphatic heterocycles. The Morgan fingerprint density at radius 1 is 0.917 bits per heavy atom. The van der Waals surface area contributed by atoms with Gasteiger partial charge in [0.15, 0.2) is 32.8 Å². The van der Waals surface area contributed by atoms with Gasteiger partial charge in [0.25, 0.3) is 0 Å². The van der Waals surface area contributed by atoms with Gasteiger partial charge in [0.1, 0.15) is 11.5 Å². The summed E-state index contributed by atoms with van der Waals surface area (Å²) in [6, 6.07) is 6.93. The van der Waals surface area contributed by atoms with Gasteiger partial charge in [-0.3, -0.25) is 0 Å². The molecular weight excluding hydrogens is 486 g/mol. The van der Waals surface area contributed by atoms with Crippen molar-refractivity contribution in [2.45, 2.75) is 56.3 Å². The first-order valence-corrected chi connectivity index (χ1v) is 13.9. The van der Waals surface area contributed by atoms with Crippen LogP contribution in [0.5, 0.6) is 28.7 Å². The molecule has 0 aliphatic carbocycles. The van der Waals surface area contributed by atoms with E-state index in [1.807, 2.05) is 26.0 Å². The topological polar surface area (TPSA) is 116 Å². The molecule has 2 aromatic rings. The summed E-state index contributed by atoms with van der Waals surface area (Å²) in [4.78, 5) is 0.0768. The summed E-state index contributed by atoms with van der Waals surface area (Å²) in [5.41, 5.74) is 7.47. The fraction of sp³-hybridized carbons (Fsp3) is 0.538. The van der Waals surface area contributed by atoms with Crippen molar-refractivity contribution in [1.82, 2.24) is 0 Å². The first-order chi connectivity index (χ1) is 17.1. The lowest BCUT2D eigenvalue weighted by molar-refractivity contribution is 0.0434. The van der Waals surface area contributed by atoms with E-state index in [-0.39, 0.29) is 35.5 Å². The Bertz CT molecular complexity index is 1120. The monoisotopic (exact) mass is 523 g/mol. The fourth-order valence-electron chi connectivity index (χ4n) is 4.15. The van der Waals surface area contributed by atoms with Crippen molar-refractivity contribution >= 4 is 9.84 Å². The van der Waals surface area contributed by atoms with Crippen LogP contribution in [0.15, 0.2) is 29.2 Å². The molecule has 0 radical (unpaired) electrons. The van der Waals surface area contributed by atoms with Gasteiger partial charge >= 0.3 is 0 Å². The second-order valence-corrected chi connectivity index (χ2v) is 10.9. The molecule has 2 aromatic carbocycles. The maximum atomic E-state index is 12.7. The lowest BCUT2D eigenvalue weighted by Crippen LogP contribution is -2.24. The lowest BCUT2D eigenvalue weighted by atomic mass is 10.0. The molecule has 1 heterocycles. The van der Waals surface area contributed by atoms with Crippen molar-refractivity contribution < 1.29 is 36.8 Å². The third-order valence-corrected chi connectivity index (χ3v) is 6.95. The Labute approximate surface area is 213 Å². The average Bonchev–Trinajstić information content (AvgIpc) is 3.34. The van der Waals surface area contributed by atoms with Crippen molar-refractivity contribution in [2.24, 2.45) is 5.73 Å². The van der Waals surface area contributed by atoms with Crippen molar-refractivity contribution in [1.29, 1.82) is 0 Å². The van der Waals surface area contributed by atoms with Gasteiger partial charge in [0.2, 0.25) is 5.75 Å². The minimum atomic E-state index is -3.61. The van der Waals surface area contributed by atoms with Crippen LogP contribution in [0.2, 0.25) is 0 Å². The molecule has 0 saturated carbocycles. The van der Waals surface area contributed by atoms with E-state index in [0.29, 0.717) is 41.6 Å². The van der Waals surface area contributed by atoms with E-state index >= 15 is 0 Å². The second-order valence-electron chi connectivity index (χ2n) is 8.90. The number of sulfone groups is 1. The summed E-state index contributed by atoms with van der Waals surface area (Å²) in [6.45, 7) is 4.34. The Morgan fingerprint density at radius 3 is 1.94 bits per heavy atom. The lowest BCUT2D eigenvalue weighted by Gasteiger charge is -2.21. The highest BCUT2D eigenvalue weighted by Gasteiger charge is 2.32. The molecule has 0 bridgehead atoms. The maximum absolute atomic E-state index is 12.7. The zero-order valence-corrected chi connectivity index (χ0v) is 22.6. The number of hydrogen-bond donors (Lipinski definition) is 1. The average molecular weight is 524 g/mol. The Kier molecular flexibility index (Phi) is 9.32. The summed E-state index contributed by atoms with van der Waals surface area (Å²) in [6.07, 6.45) is 2.71. The molecule has 1 saturated heterocycles. The number of nitrogens with two attached hydrogens (primary N) is 1. The van der Waals surface area contributed by atoms with Gasteiger partial charge in [0, 0.05) is 12.3 Å². The molecule has 0 spiro atoms. The highest BCUT2D eigenvalue weighted by atomic mass is 32.2. The van der Waals surface area contributed by atoms with E-state index in [1.165, 1.54) is 0 Å². The SMILES string of the molecule is CCCOc1c(OCC(C)N)cc([C@H]2CC[C@H](c3cc(OC)c(OC)c(OC)c3)O2)cc1S(C)(=O)=O. The Morgan fingerprint density at radius 2 is 1.47 bits per heavy atom. The second kappa shape index (κ2) is 12.0. The van der Waals surface area contributed by atoms with Crippen molar-refractivity contribution in [3.8, 4) is 28.7 Å². The van der Waals surface area contributed by atoms with Crippen LogP contribution in [0, 0.1) is 0 Å². The molecule has 9 nitrogen and oxygen atoms in total. The van der Waals surface area contributed by atoms with Gasteiger partial charge in [-0.25, -0.2) is 8.42 Å². The molecule has 200 valence electrons. The van der Waals surface area contributed by atoms with E-state index in [9.17, 15) is 8.42 Å². The third kappa shape index (κ3) is 6.35. The highest BCUT2D eigenvalue weighted by molar-refractivity contribution is 7.90. The van der Waals surface area contributed by atoms with Crippen LogP contribution in [0.3, 0.4) is 0 Å². The van der Waals surface area contributed by atoms with Gasteiger partial charge in [-0.05, 0) is 61.6 Å². The van der Waals surface area contributed by atoms with E-state index in [4.69, 9.17) is 34.2 Å². The molecule has 1 unspecified atom stereocenters. The van der Waals surface area contributed by atoms with Crippen LogP contribution in [-0.2, 0) is 14.6 Å². The predicted molar refractivity (Wildman–Crippen MR) is 136 cm³/mol. The van der Waals surface area contributed by atoms with Gasteiger partial charge in [-0.1, -0.05) is 6.92 Å². The minimum absolute atomic E-state index is 0.0768. The standard InChI is InChI=1S/C26H37NO8S/c1-7-10-33-26-23(34-15-16(2)27)13-18(14-24(26)36(6,28)29)20-9-8-19(35-20)17-11-21(30-3)25(32-5)22(12-17)31-4/h11-14,16,19-20H,7-10,15,27H2,1-6H3/t16?,19-,20-/m1/s1. The first-order valence-electron chi connectivity index (χ1n) is 12.0. The summed E-state index contributed by atoms with van der Waals surface area (Å²) in [5, 5.41) is 0. The normalized spacial score (nSPS) is 18.5. The van der Waals surface area contributed by atoms with Crippen molar-refractivity contribution in [3.05, 3.63) is 35.4 Å². The fourth-order valence-corrected chi connectivity index (χ4v) is 4.99. The van der Waals surface area contributed by atoms with E-state index in [0.717, 1.165) is 24.7 Å². The quantitative estimate of drug-likeness (QED) is 0.436. The van der Waals surface area contributed by atoms with E-state index in [2.05, 4.69) is 0 Å². The number of methoxy groups -OCH3 is 3. The summed E-state index contributed by atoms with van der Waals surface area (Å²) in [5.74, 6) is 2.15. The molecule has 3 atom stereocenters. The zero-order chi connectivity index (χ0) is 26.5. The molecule has 0 aromatic heterocycles. The van der Waals surface area contributed by atoms with Crippen LogP contribution < -0.4 is 29.4 Å². The van der Waals surface area contributed by atoms with E-state index in [1.54, 1.807) is 33.5 Å². The maximum Gasteiger partial charge on any atom is 0.203 e. The Hall–Kier alpha value is -2.69. The number of hydrogen-bond acceptors (Lipinski definition) is 9. The van der Waals surface area contributed by atoms with Crippen LogP contribution in [0.4, 0.5) is 0 Å². The third-order valence-electron chi connectivity index (χ3n) is 5.85. The van der Waals surface area contributed by atoms with Gasteiger partial charge in [-0.2, -0.15) is 0 Å². The van der Waals surface area contributed by atoms with Crippen LogP contribution in [0.1, 0.15) is 56.4 Å². The molecule has 3 rings (SSSR count). The van der Waals surface area contributed by atoms with Gasteiger partial charge < -0.3 is 34.2 Å². The molecule has 10 heteroatoms. The minimum Gasteiger partial charge on any atom is -0.493 e. The number of rotatable bonds is 12. The number of benzene rings is 2. The summed E-state index contributed by atoms with van der Waals surface area (Å²) in [7, 11) is 1.08. The molecule has 1 fully saturated rings. The smallest absolute Gasteiger partial charge is 0.203 e. The highest BCUT2D eigenvalue weighted by Crippen LogP contribution is 2.48. The largest absolute Gasteiger partial charge is 0.493 e. The van der Waals surface area contributed by atoms with Crippen LogP contribution >= 0.6 is 0 Å². The first kappa shape index (κ1) is 27.9. The molecular formula is C26H37NO8S. The van der Waals surface area contributed by atoms with Crippen molar-refractivity contribution in [2.75, 3.05) is 40.8 Å². The van der Waals surface area contributed by atoms with Crippen molar-refractivity contribution in [3.63, 3.8) is 0 Å². The predicted octanol–water partition coefficient (Wildman–Crippen LogP) is 4.22. The van der Waals surface area contributed by atoms with E-state index < -0.39 is 9.84 Å². The Balaban J connectivity index is 1.98. The summed E-state index contributed by atoms with van der Waals surface area (Å²) >= 11 is 0. The van der Waals surface area contributed by atoms with Gasteiger partial charge in [0.05, 0.1) is 40.1 Å². The molecule has 36 heavy (non-hydrogen) atoms. The zero-order valence-electron chi connectivity index (χ0n) is 21.8. The molecule has 0 amide bonds. The van der Waals surface area contributed by atoms with Crippen LogP contribution in [0.25, 0.3) is 0 Å². The number of ether oxygens (including phenoxy) is 6.